The molecular weight excluding hydrogens is 236 g/mol. The molecule has 1 unspecified atom stereocenters. The summed E-state index contributed by atoms with van der Waals surface area (Å²) in [5.41, 5.74) is 14.2. The molecule has 1 fully saturated rings. The predicted molar refractivity (Wildman–Crippen MR) is 64.8 cm³/mol. The lowest BCUT2D eigenvalue weighted by atomic mass is 10.1. The first-order chi connectivity index (χ1) is 9.06. The topological polar surface area (TPSA) is 119 Å². The van der Waals surface area contributed by atoms with E-state index in [2.05, 4.69) is 15.0 Å². The molecule has 1 saturated heterocycles. The molecule has 2 heterocycles. The van der Waals surface area contributed by atoms with Crippen LogP contribution in [-0.4, -0.2) is 21.7 Å². The highest BCUT2D eigenvalue weighted by Gasteiger charge is 2.33. The number of ether oxygens (including phenoxy) is 1. The van der Waals surface area contributed by atoms with Crippen molar-refractivity contribution in [3.05, 3.63) is 32.7 Å². The molecule has 1 aromatic heterocycles. The third-order valence-electron chi connectivity index (χ3n) is 2.89. The van der Waals surface area contributed by atoms with Crippen LogP contribution in [-0.2, 0) is 4.74 Å². The van der Waals surface area contributed by atoms with Gasteiger partial charge in [0.1, 0.15) is 12.0 Å². The van der Waals surface area contributed by atoms with Crippen LogP contribution in [0.1, 0.15) is 26.5 Å². The lowest BCUT2D eigenvalue weighted by Crippen LogP contribution is -2.28. The number of anilines is 1. The van der Waals surface area contributed by atoms with Crippen molar-refractivity contribution >= 4 is 5.82 Å². The zero-order valence-corrected chi connectivity index (χ0v) is 9.85. The Morgan fingerprint density at radius 2 is 2.61 bits per heavy atom. The lowest BCUT2D eigenvalue weighted by molar-refractivity contribution is 0.00615. The van der Waals surface area contributed by atoms with Gasteiger partial charge in [-0.1, -0.05) is 5.11 Å². The van der Waals surface area contributed by atoms with Gasteiger partial charge in [-0.2, -0.15) is 4.98 Å². The molecule has 96 valence electrons. The Morgan fingerprint density at radius 1 is 1.83 bits per heavy atom. The Bertz CT molecular complexity index is 582. The van der Waals surface area contributed by atoms with Crippen LogP contribution in [0.4, 0.5) is 5.82 Å². The molecule has 0 saturated carbocycles. The number of nitrogens with two attached hydrogens (primary N) is 1. The molecule has 3 atom stereocenters. The van der Waals surface area contributed by atoms with Gasteiger partial charge in [-0.05, 0) is 19.4 Å². The zero-order chi connectivity index (χ0) is 14.0. The minimum absolute atomic E-state index is 0.0314. The molecule has 1 aromatic rings. The molecule has 1 aliphatic rings. The Hall–Kier alpha value is -2.05. The van der Waals surface area contributed by atoms with E-state index in [9.17, 15) is 4.79 Å². The van der Waals surface area contributed by atoms with E-state index in [-0.39, 0.29) is 12.7 Å². The van der Waals surface area contributed by atoms with E-state index < -0.39 is 24.1 Å². The quantitative estimate of drug-likeness (QED) is 0.481. The Balaban J connectivity index is 2.32. The number of nitrogens with zero attached hydrogens (tertiary/aromatic N) is 5. The van der Waals surface area contributed by atoms with Gasteiger partial charge in [-0.15, -0.1) is 0 Å². The molecule has 0 amide bonds. The normalized spacial score (nSPS) is 27.6. The van der Waals surface area contributed by atoms with Crippen LogP contribution in [0.2, 0.25) is 0 Å². The van der Waals surface area contributed by atoms with Gasteiger partial charge in [-0.25, -0.2) is 4.79 Å². The van der Waals surface area contributed by atoms with Crippen LogP contribution in [0.5, 0.6) is 0 Å². The average molecular weight is 251 g/mol. The van der Waals surface area contributed by atoms with Crippen LogP contribution < -0.4 is 11.4 Å². The largest absolute Gasteiger partial charge is 0.383 e. The van der Waals surface area contributed by atoms with Crippen molar-refractivity contribution < 1.29 is 6.11 Å². The second-order valence-corrected chi connectivity index (χ2v) is 4.14. The van der Waals surface area contributed by atoms with E-state index in [0.29, 0.717) is 12.0 Å². The van der Waals surface area contributed by atoms with Crippen LogP contribution in [0, 0.1) is 6.92 Å². The second kappa shape index (κ2) is 4.67. The van der Waals surface area contributed by atoms with Crippen molar-refractivity contribution in [3.8, 4) is 0 Å². The van der Waals surface area contributed by atoms with Gasteiger partial charge in [0, 0.05) is 24.5 Å². The maximum atomic E-state index is 11.8. The molecule has 0 bridgehead atoms. The minimum Gasteiger partial charge on any atom is -0.383 e. The fourth-order valence-corrected chi connectivity index (χ4v) is 1.86. The standard InChI is InChI=1S/C10H14N6O2/c1-5-4-16(10(17)13-9(5)11)8-3-7(14-15-12)6(2)18-8/h4,6-8H,3H2,1-2H3,(H2,11,13,17)/t6-,7?,8-/m1/s1/i2D. The highest BCUT2D eigenvalue weighted by Crippen LogP contribution is 2.29. The first kappa shape index (κ1) is 11.1. The van der Waals surface area contributed by atoms with E-state index in [1.807, 2.05) is 0 Å². The Morgan fingerprint density at radius 3 is 3.28 bits per heavy atom. The Kier molecular flexibility index (Phi) is 2.87. The first-order valence-corrected chi connectivity index (χ1v) is 5.41. The van der Waals surface area contributed by atoms with E-state index in [4.69, 9.17) is 17.4 Å². The number of hydrogen-bond donors (Lipinski definition) is 1. The predicted octanol–water partition coefficient (Wildman–Crippen LogP) is 1.12. The summed E-state index contributed by atoms with van der Waals surface area (Å²) in [6.45, 7) is 1.70. The third kappa shape index (κ3) is 2.15. The van der Waals surface area contributed by atoms with Gasteiger partial charge in [0.25, 0.3) is 0 Å². The molecule has 0 aromatic carbocycles. The summed E-state index contributed by atoms with van der Waals surface area (Å²) in [6, 6.07) is -0.447. The summed E-state index contributed by atoms with van der Waals surface area (Å²) in [6.07, 6.45) is 0.823. The monoisotopic (exact) mass is 251 g/mol. The van der Waals surface area contributed by atoms with Gasteiger partial charge in [0.15, 0.2) is 0 Å². The molecule has 2 rings (SSSR count). The number of aryl methyl sites for hydroxylation is 1. The highest BCUT2D eigenvalue weighted by atomic mass is 16.5. The number of nitrogen functional groups attached to an aromatic ring is 1. The van der Waals surface area contributed by atoms with Gasteiger partial charge >= 0.3 is 5.69 Å². The maximum absolute atomic E-state index is 11.8. The molecule has 0 radical (unpaired) electrons. The Labute approximate surface area is 104 Å². The van der Waals surface area contributed by atoms with Gasteiger partial charge in [0.05, 0.1) is 12.1 Å². The molecule has 0 aliphatic carbocycles. The summed E-state index contributed by atoms with van der Waals surface area (Å²) < 4.78 is 14.2. The van der Waals surface area contributed by atoms with E-state index >= 15 is 0 Å². The van der Waals surface area contributed by atoms with Crippen molar-refractivity contribution in [2.45, 2.75) is 38.6 Å². The van der Waals surface area contributed by atoms with Crippen molar-refractivity contribution in [2.24, 2.45) is 5.11 Å². The number of aromatic nitrogens is 2. The molecule has 0 spiro atoms. The van der Waals surface area contributed by atoms with Crippen LogP contribution >= 0.6 is 0 Å². The van der Waals surface area contributed by atoms with Crippen molar-refractivity contribution in [1.29, 1.82) is 0 Å². The average Bonchev–Trinajstić information content (AvgIpc) is 2.77. The summed E-state index contributed by atoms with van der Waals surface area (Å²) in [4.78, 5) is 18.2. The fraction of sp³-hybridized carbons (Fsp3) is 0.600. The van der Waals surface area contributed by atoms with Crippen molar-refractivity contribution in [1.82, 2.24) is 9.55 Å². The van der Waals surface area contributed by atoms with Crippen LogP contribution in [0.15, 0.2) is 16.1 Å². The summed E-state index contributed by atoms with van der Waals surface area (Å²) in [7, 11) is 0. The molecule has 1 aliphatic heterocycles. The smallest absolute Gasteiger partial charge is 0.351 e. The van der Waals surface area contributed by atoms with Gasteiger partial charge < -0.3 is 10.5 Å². The molecule has 8 heteroatoms. The lowest BCUT2D eigenvalue weighted by Gasteiger charge is -2.14. The van der Waals surface area contributed by atoms with Crippen LogP contribution in [0.3, 0.4) is 0 Å². The van der Waals surface area contributed by atoms with Gasteiger partial charge in [-0.3, -0.25) is 4.57 Å². The molecule has 2 N–H and O–H groups in total. The summed E-state index contributed by atoms with van der Waals surface area (Å²) in [5.74, 6) is 0.183. The third-order valence-corrected chi connectivity index (χ3v) is 2.89. The fourth-order valence-electron chi connectivity index (χ4n) is 1.86. The summed E-state index contributed by atoms with van der Waals surface area (Å²) in [5, 5.41) is 3.60. The first-order valence-electron chi connectivity index (χ1n) is 6.11. The molecular formula is C10H14N6O2. The molecule has 18 heavy (non-hydrogen) atoms. The number of azide groups is 1. The van der Waals surface area contributed by atoms with E-state index in [1.165, 1.54) is 4.57 Å². The van der Waals surface area contributed by atoms with Crippen LogP contribution in [0.25, 0.3) is 10.4 Å². The number of hydrogen-bond acceptors (Lipinski definition) is 5. The zero-order valence-electron chi connectivity index (χ0n) is 10.9. The summed E-state index contributed by atoms with van der Waals surface area (Å²) >= 11 is 0. The highest BCUT2D eigenvalue weighted by molar-refractivity contribution is 5.35. The van der Waals surface area contributed by atoms with E-state index in [1.54, 1.807) is 13.1 Å². The van der Waals surface area contributed by atoms with E-state index in [0.717, 1.165) is 0 Å². The van der Waals surface area contributed by atoms with Crippen molar-refractivity contribution in [3.63, 3.8) is 0 Å². The second-order valence-electron chi connectivity index (χ2n) is 4.14. The minimum atomic E-state index is -0.579. The molecule has 8 nitrogen and oxygen atoms in total. The maximum Gasteiger partial charge on any atom is 0.351 e. The van der Waals surface area contributed by atoms with Gasteiger partial charge in [0.2, 0.25) is 0 Å². The van der Waals surface area contributed by atoms with Crippen molar-refractivity contribution in [2.75, 3.05) is 5.73 Å². The number of rotatable bonds is 2. The SMILES string of the molecule is [2H]C[C@H]1O[C@@H](n2cc(C)c(N)nc2=O)CC1N=[N+]=[N-].